The highest BCUT2D eigenvalue weighted by Crippen LogP contribution is 2.66. The summed E-state index contributed by atoms with van der Waals surface area (Å²) in [6.07, 6.45) is -4.55. The van der Waals surface area contributed by atoms with Crippen LogP contribution >= 0.6 is 34.8 Å². The molecular weight excluding hydrogens is 831 g/mol. The van der Waals surface area contributed by atoms with Gasteiger partial charge in [-0.05, 0) is 48.6 Å². The van der Waals surface area contributed by atoms with Crippen molar-refractivity contribution < 1.29 is 64.1 Å². The second-order valence-corrected chi connectivity index (χ2v) is 15.0. The third kappa shape index (κ3) is 5.49. The smallest absolute Gasteiger partial charge is 0.433 e. The van der Waals surface area contributed by atoms with E-state index in [1.165, 1.54) is 30.3 Å². The van der Waals surface area contributed by atoms with Crippen molar-refractivity contribution in [2.24, 2.45) is 17.8 Å². The average molecular weight is 854 g/mol. The van der Waals surface area contributed by atoms with E-state index in [9.17, 15) is 45.5 Å². The molecule has 0 spiro atoms. The Morgan fingerprint density at radius 2 is 1.50 bits per heavy atom. The summed E-state index contributed by atoms with van der Waals surface area (Å²) in [6, 6.07) is 6.90. The first-order valence-corrected chi connectivity index (χ1v) is 17.5. The van der Waals surface area contributed by atoms with Crippen molar-refractivity contribution in [3.63, 3.8) is 0 Å². The number of pyridine rings is 1. The number of fused-ring (bicyclic) bond motifs is 4. The highest BCUT2D eigenvalue weighted by atomic mass is 35.5. The summed E-state index contributed by atoms with van der Waals surface area (Å²) >= 11 is 20.4. The Morgan fingerprint density at radius 3 is 2.09 bits per heavy atom. The highest BCUT2D eigenvalue weighted by Gasteiger charge is 2.77. The maximum absolute atomic E-state index is 15.3. The summed E-state index contributed by atoms with van der Waals surface area (Å²) in [4.78, 5) is 54.6. The summed E-state index contributed by atoms with van der Waals surface area (Å²) in [7, 11) is 1.06. The van der Waals surface area contributed by atoms with Crippen LogP contribution < -0.4 is 14.6 Å². The Hall–Kier alpha value is -4.52. The molecular formula is C35H23Cl3F8N4O6. The molecule has 0 bridgehead atoms. The van der Waals surface area contributed by atoms with E-state index < -0.39 is 116 Å². The van der Waals surface area contributed by atoms with Crippen LogP contribution in [0.4, 0.5) is 46.6 Å². The lowest BCUT2D eigenvalue weighted by Gasteiger charge is -2.50. The molecule has 1 aromatic heterocycles. The fraction of sp³-hybridized carbons (Fsp3) is 0.343. The van der Waals surface area contributed by atoms with Gasteiger partial charge in [0.05, 0.1) is 23.5 Å². The number of aliphatic hydroxyl groups is 1. The van der Waals surface area contributed by atoms with E-state index in [1.807, 2.05) is 0 Å². The second kappa shape index (κ2) is 13.6. The van der Waals surface area contributed by atoms with Gasteiger partial charge in [0, 0.05) is 13.0 Å². The molecule has 1 N–H and O–H groups in total. The second-order valence-electron chi connectivity index (χ2n) is 13.3. The predicted octanol–water partition coefficient (Wildman–Crippen LogP) is 6.44. The minimum Gasteiger partial charge on any atom is -0.491 e. The Kier molecular flexibility index (Phi) is 9.61. The number of nitrogens with zero attached hydrogens (tertiary/aromatic N) is 4. The van der Waals surface area contributed by atoms with Crippen molar-refractivity contribution in [2.45, 2.75) is 34.7 Å². The molecule has 296 valence electrons. The van der Waals surface area contributed by atoms with Gasteiger partial charge in [-0.1, -0.05) is 35.4 Å². The highest BCUT2D eigenvalue weighted by molar-refractivity contribution is 6.58. The average Bonchev–Trinajstić information content (AvgIpc) is 3.49. The largest absolute Gasteiger partial charge is 0.491 e. The van der Waals surface area contributed by atoms with E-state index in [0.29, 0.717) is 11.1 Å². The Morgan fingerprint density at radius 1 is 0.893 bits per heavy atom. The molecule has 10 nitrogen and oxygen atoms in total. The quantitative estimate of drug-likeness (QED) is 0.0722. The number of alkyl halides is 5. The van der Waals surface area contributed by atoms with Gasteiger partial charge in [0.25, 0.3) is 23.6 Å². The Bertz CT molecular complexity index is 2240. The van der Waals surface area contributed by atoms with Gasteiger partial charge in [0.15, 0.2) is 38.8 Å². The number of allylic oxidation sites excluding steroid dienone is 2. The lowest BCUT2D eigenvalue weighted by molar-refractivity contribution is -0.141. The van der Waals surface area contributed by atoms with Crippen LogP contribution in [-0.4, -0.2) is 68.7 Å². The summed E-state index contributed by atoms with van der Waals surface area (Å²) < 4.78 is 120. The van der Waals surface area contributed by atoms with E-state index in [4.69, 9.17) is 44.6 Å². The first-order valence-electron chi connectivity index (χ1n) is 16.4. The van der Waals surface area contributed by atoms with Crippen LogP contribution in [0.3, 0.4) is 0 Å². The first-order chi connectivity index (χ1) is 26.2. The molecule has 2 saturated heterocycles. The third-order valence-corrected chi connectivity index (χ3v) is 12.2. The van der Waals surface area contributed by atoms with E-state index in [2.05, 4.69) is 4.98 Å². The van der Waals surface area contributed by atoms with Gasteiger partial charge in [0.1, 0.15) is 23.7 Å². The number of hydrogen-bond acceptors (Lipinski definition) is 8. The normalized spacial score (nSPS) is 27.3. The maximum Gasteiger partial charge on any atom is 0.433 e. The van der Waals surface area contributed by atoms with Crippen LogP contribution in [0.2, 0.25) is 5.02 Å². The van der Waals surface area contributed by atoms with Gasteiger partial charge in [0.2, 0.25) is 5.82 Å². The summed E-state index contributed by atoms with van der Waals surface area (Å²) in [5.74, 6) is -24.0. The fourth-order valence-corrected chi connectivity index (χ4v) is 9.21. The molecule has 3 aromatic rings. The molecule has 4 aliphatic rings. The number of halogens is 11. The molecule has 1 saturated carbocycles. The number of ether oxygens (including phenoxy) is 1. The summed E-state index contributed by atoms with van der Waals surface area (Å²) in [6.45, 7) is -0.490. The van der Waals surface area contributed by atoms with E-state index in [-0.39, 0.29) is 46.4 Å². The molecule has 2 aromatic carbocycles. The van der Waals surface area contributed by atoms with Crippen molar-refractivity contribution in [3.05, 3.63) is 93.4 Å². The molecule has 7 rings (SSSR count). The van der Waals surface area contributed by atoms with Crippen molar-refractivity contribution in [1.29, 1.82) is 0 Å². The summed E-state index contributed by atoms with van der Waals surface area (Å²) in [5.41, 5.74) is -3.13. The number of anilines is 2. The Balaban J connectivity index is 1.37. The number of carbonyl (C=O) groups is 4. The fourth-order valence-electron chi connectivity index (χ4n) is 8.05. The van der Waals surface area contributed by atoms with Crippen LogP contribution in [0.1, 0.15) is 30.0 Å². The number of hydrazine groups is 1. The number of aromatic nitrogens is 1. The zero-order valence-corrected chi connectivity index (χ0v) is 30.4. The molecule has 4 amide bonds. The number of aliphatic hydroxyl groups excluding tert-OH is 1. The van der Waals surface area contributed by atoms with E-state index in [0.717, 1.165) is 18.1 Å². The minimum atomic E-state index is -4.94. The number of rotatable bonds is 7. The zero-order valence-electron chi connectivity index (χ0n) is 28.1. The van der Waals surface area contributed by atoms with Gasteiger partial charge < -0.3 is 9.84 Å². The molecule has 3 fully saturated rings. The van der Waals surface area contributed by atoms with Crippen molar-refractivity contribution >= 4 is 69.9 Å². The molecule has 6 unspecified atom stereocenters. The van der Waals surface area contributed by atoms with Gasteiger partial charge in [-0.25, -0.2) is 31.8 Å². The number of hydrogen-bond donors (Lipinski definition) is 1. The number of carbonyl (C=O) groups excluding carboxylic acids is 4. The molecule has 21 heteroatoms. The van der Waals surface area contributed by atoms with Gasteiger partial charge in [-0.2, -0.15) is 18.2 Å². The van der Waals surface area contributed by atoms with E-state index >= 15 is 8.78 Å². The number of amides is 4. The van der Waals surface area contributed by atoms with Crippen LogP contribution in [0.5, 0.6) is 5.75 Å². The topological polar surface area (TPSA) is 120 Å². The molecule has 2 aliphatic heterocycles. The molecule has 0 radical (unpaired) electrons. The van der Waals surface area contributed by atoms with Crippen LogP contribution in [-0.2, 0) is 25.4 Å². The van der Waals surface area contributed by atoms with Crippen LogP contribution in [0, 0.1) is 46.8 Å². The van der Waals surface area contributed by atoms with Gasteiger partial charge >= 0.3 is 6.18 Å². The predicted molar refractivity (Wildman–Crippen MR) is 180 cm³/mol. The van der Waals surface area contributed by atoms with Gasteiger partial charge in [-0.15, -0.1) is 23.2 Å². The standard InChI is InChI=1S/C35H23Cl3F8N4O6/c1-48(28-18(36)8-9-19(47-28)35(44,45)46)50-29(52)16-7-6-15-17(20(16)30(50)53)12-33(37)31(54)49(27-25(42)23(40)22(39)24(41)26(27)43)32(55)34(33,38)21(15)13-2-4-14(5-3-13)56-11-10-51/h2-6,8-9,16-17,20-21,51H,7,10-12H2,1H3. The number of benzene rings is 2. The first kappa shape index (κ1) is 39.7. The molecule has 3 heterocycles. The monoisotopic (exact) mass is 852 g/mol. The minimum absolute atomic E-state index is 0.0851. The molecule has 56 heavy (non-hydrogen) atoms. The van der Waals surface area contributed by atoms with Crippen molar-refractivity contribution in [3.8, 4) is 5.75 Å². The summed E-state index contributed by atoms with van der Waals surface area (Å²) in [5, 5.41) is 10.0. The lowest BCUT2D eigenvalue weighted by Crippen LogP contribution is -2.60. The lowest BCUT2D eigenvalue weighted by atomic mass is 9.56. The van der Waals surface area contributed by atoms with Crippen LogP contribution in [0.25, 0.3) is 0 Å². The SMILES string of the molecule is CN(c1nc(C(F)(F)F)ccc1Cl)N1C(=O)C2CC=C3C(CC4(Cl)C(=O)N(c5c(F)c(F)c(F)c(F)c5F)C(=O)C4(Cl)C3c3ccc(OCCO)cc3)C2C1=O. The van der Waals surface area contributed by atoms with Gasteiger partial charge in [-0.3, -0.25) is 24.2 Å². The van der Waals surface area contributed by atoms with E-state index in [1.54, 1.807) is 0 Å². The zero-order chi connectivity index (χ0) is 41.0. The van der Waals surface area contributed by atoms with Crippen molar-refractivity contribution in [1.82, 2.24) is 9.99 Å². The molecule has 2 aliphatic carbocycles. The van der Waals surface area contributed by atoms with Crippen molar-refractivity contribution in [2.75, 3.05) is 30.2 Å². The maximum atomic E-state index is 15.3. The molecule has 6 atom stereocenters. The number of imide groups is 2. The van der Waals surface area contributed by atoms with Crippen LogP contribution in [0.15, 0.2) is 48.0 Å². The Labute approximate surface area is 325 Å². The third-order valence-electron chi connectivity index (χ3n) is 10.5.